The molecule has 1 saturated heterocycles. The topological polar surface area (TPSA) is 168 Å². The van der Waals surface area contributed by atoms with Gasteiger partial charge in [0.15, 0.2) is 0 Å². The summed E-state index contributed by atoms with van der Waals surface area (Å²) in [5.41, 5.74) is -8.14. The average molecular weight is 606 g/mol. The molecule has 6 aliphatic rings. The van der Waals surface area contributed by atoms with Crippen LogP contribution in [0, 0.1) is 28.6 Å². The summed E-state index contributed by atoms with van der Waals surface area (Å²) in [5, 5.41) is 62.8. The van der Waals surface area contributed by atoms with Gasteiger partial charge in [0, 0.05) is 76.5 Å². The molecule has 43 heavy (non-hydrogen) atoms. The Morgan fingerprint density at radius 2 is 1.67 bits per heavy atom. The van der Waals surface area contributed by atoms with Gasteiger partial charge in [0.05, 0.1) is 42.0 Å². The third kappa shape index (κ3) is 3.09. The SMILES string of the molecule is COC[C@]12CN(C)[C@@H]3[C@@H]4[C@H](OC)[C@H]1[C@@]3([C@@H](OC)C[C@H]2O)[C@]1(O)C[C@@]2(O)[C@H](OC(=O)c3ccccc3)[C@@H]1[C@]4(O)[C@@H](O)[C@@H]2OC. The van der Waals surface area contributed by atoms with E-state index in [4.69, 9.17) is 23.7 Å². The van der Waals surface area contributed by atoms with Gasteiger partial charge in [0.25, 0.3) is 0 Å². The molecule has 5 saturated carbocycles. The van der Waals surface area contributed by atoms with Crippen molar-refractivity contribution in [2.24, 2.45) is 28.6 Å². The van der Waals surface area contributed by atoms with Crippen molar-refractivity contribution in [1.29, 1.82) is 0 Å². The van der Waals surface area contributed by atoms with Crippen molar-refractivity contribution >= 4 is 5.97 Å². The Morgan fingerprint density at radius 1 is 0.977 bits per heavy atom. The Labute approximate surface area is 250 Å². The Morgan fingerprint density at radius 3 is 2.28 bits per heavy atom. The average Bonchev–Trinajstić information content (AvgIpc) is 3.35. The zero-order valence-electron chi connectivity index (χ0n) is 25.1. The number of fused-ring (bicyclic) bond motifs is 2. The van der Waals surface area contributed by atoms with Crippen LogP contribution >= 0.6 is 0 Å². The van der Waals surface area contributed by atoms with Crippen LogP contribution in [0.25, 0.3) is 0 Å². The summed E-state index contributed by atoms with van der Waals surface area (Å²) in [6.45, 7) is 0.517. The minimum Gasteiger partial charge on any atom is -0.455 e. The zero-order chi connectivity index (χ0) is 30.9. The number of nitrogens with zero attached hydrogens (tertiary/aromatic N) is 1. The summed E-state index contributed by atoms with van der Waals surface area (Å²) < 4.78 is 29.9. The summed E-state index contributed by atoms with van der Waals surface area (Å²) in [5.74, 6) is -3.56. The fourth-order valence-electron chi connectivity index (χ4n) is 11.8. The first-order valence-corrected chi connectivity index (χ1v) is 15.0. The van der Waals surface area contributed by atoms with Gasteiger partial charge in [0.1, 0.15) is 29.5 Å². The van der Waals surface area contributed by atoms with E-state index in [0.29, 0.717) is 6.54 Å². The number of benzene rings is 1. The summed E-state index contributed by atoms with van der Waals surface area (Å²) >= 11 is 0. The molecule has 5 N–H and O–H groups in total. The Bertz CT molecular complexity index is 1290. The van der Waals surface area contributed by atoms with E-state index in [2.05, 4.69) is 0 Å². The lowest BCUT2D eigenvalue weighted by Crippen LogP contribution is -2.85. The van der Waals surface area contributed by atoms with Gasteiger partial charge in [-0.05, 0) is 19.2 Å². The highest BCUT2D eigenvalue weighted by molar-refractivity contribution is 5.89. The van der Waals surface area contributed by atoms with Crippen molar-refractivity contribution in [2.45, 2.75) is 72.3 Å². The highest BCUT2D eigenvalue weighted by Crippen LogP contribution is 2.81. The molecule has 1 heterocycles. The second-order valence-electron chi connectivity index (χ2n) is 13.9. The molecular weight excluding hydrogens is 562 g/mol. The van der Waals surface area contributed by atoms with Gasteiger partial charge >= 0.3 is 5.97 Å². The van der Waals surface area contributed by atoms with Crippen molar-refractivity contribution in [3.8, 4) is 0 Å². The first-order valence-electron chi connectivity index (χ1n) is 15.0. The molecule has 0 aromatic heterocycles. The van der Waals surface area contributed by atoms with Gasteiger partial charge in [-0.3, -0.25) is 0 Å². The van der Waals surface area contributed by atoms with Crippen LogP contribution in [0.3, 0.4) is 0 Å². The van der Waals surface area contributed by atoms with E-state index in [0.717, 1.165) is 0 Å². The first-order chi connectivity index (χ1) is 20.4. The van der Waals surface area contributed by atoms with Gasteiger partial charge in [-0.1, -0.05) is 18.2 Å². The molecule has 5 aliphatic carbocycles. The number of carbonyl (C=O) groups excluding carboxylic acids is 1. The summed E-state index contributed by atoms with van der Waals surface area (Å²) in [6, 6.07) is 7.68. The molecule has 0 radical (unpaired) electrons. The Kier molecular flexibility index (Phi) is 6.56. The number of carbonyl (C=O) groups is 1. The van der Waals surface area contributed by atoms with Crippen LogP contribution in [0.2, 0.25) is 0 Å². The van der Waals surface area contributed by atoms with Crippen LogP contribution in [0.1, 0.15) is 23.2 Å². The zero-order valence-corrected chi connectivity index (χ0v) is 25.1. The Balaban J connectivity index is 1.51. The van der Waals surface area contributed by atoms with Crippen molar-refractivity contribution in [3.05, 3.63) is 35.9 Å². The highest BCUT2D eigenvalue weighted by atomic mass is 16.6. The number of ether oxygens (including phenoxy) is 5. The number of piperidine rings is 1. The number of hydrogen-bond acceptors (Lipinski definition) is 12. The number of likely N-dealkylation sites (tertiary alicyclic amines) is 1. The smallest absolute Gasteiger partial charge is 0.338 e. The molecule has 6 fully saturated rings. The molecule has 238 valence electrons. The standard InChI is InChI=1S/C31H43NO11/c1-32-13-27(14-39-2)16(33)11-17(40-3)30-20(27)19(41-4)18(22(30)32)31(38)21-24(43-26(35)15-9-7-6-8-10-15)28(36,12-29(21,30)37)25(42-5)23(31)34/h6-10,16-25,33-34,36-38H,11-14H2,1-5H3/t16-,17+,18+,19+,20-,21+,22-,23+,24-,25+,27+,28-,29+,30-,31+/m1/s1. The summed E-state index contributed by atoms with van der Waals surface area (Å²) in [6.07, 6.45) is -7.17. The molecule has 12 heteroatoms. The van der Waals surface area contributed by atoms with Crippen LogP contribution in [0.15, 0.2) is 30.3 Å². The third-order valence-corrected chi connectivity index (χ3v) is 12.7. The lowest BCUT2D eigenvalue weighted by atomic mass is 9.41. The fourth-order valence-corrected chi connectivity index (χ4v) is 11.8. The molecule has 1 aliphatic heterocycles. The first kappa shape index (κ1) is 30.0. The van der Waals surface area contributed by atoms with Gasteiger partial charge in [-0.2, -0.15) is 0 Å². The largest absolute Gasteiger partial charge is 0.455 e. The molecular formula is C31H43NO11. The molecule has 12 nitrogen and oxygen atoms in total. The van der Waals surface area contributed by atoms with Crippen LogP contribution in [0.5, 0.6) is 0 Å². The predicted octanol–water partition coefficient (Wildman–Crippen LogP) is -1.20. The van der Waals surface area contributed by atoms with E-state index in [1.165, 1.54) is 21.3 Å². The second-order valence-corrected chi connectivity index (χ2v) is 13.9. The molecule has 7 rings (SSSR count). The quantitative estimate of drug-likeness (QED) is 0.236. The monoisotopic (exact) mass is 605 g/mol. The molecule has 1 aromatic rings. The van der Waals surface area contributed by atoms with E-state index < -0.39 is 94.0 Å². The van der Waals surface area contributed by atoms with Crippen molar-refractivity contribution in [3.63, 3.8) is 0 Å². The molecule has 0 amide bonds. The number of hydrogen-bond donors (Lipinski definition) is 5. The summed E-state index contributed by atoms with van der Waals surface area (Å²) in [7, 11) is 7.79. The number of aliphatic hydroxyl groups excluding tert-OH is 2. The normalized spacial score (nSPS) is 54.5. The van der Waals surface area contributed by atoms with E-state index in [9.17, 15) is 30.3 Å². The second kappa shape index (κ2) is 9.41. The minimum atomic E-state index is -2.14. The summed E-state index contributed by atoms with van der Waals surface area (Å²) in [4.78, 5) is 15.5. The maximum atomic E-state index is 13.5. The highest BCUT2D eigenvalue weighted by Gasteiger charge is 2.95. The van der Waals surface area contributed by atoms with Crippen molar-refractivity contribution in [1.82, 2.24) is 4.90 Å². The lowest BCUT2D eigenvalue weighted by molar-refractivity contribution is -0.352. The van der Waals surface area contributed by atoms with Crippen LogP contribution in [0.4, 0.5) is 0 Å². The minimum absolute atomic E-state index is 0.139. The molecule has 1 aromatic carbocycles. The number of rotatable bonds is 7. The van der Waals surface area contributed by atoms with Crippen molar-refractivity contribution < 1.29 is 54.0 Å². The maximum absolute atomic E-state index is 13.5. The molecule has 15 atom stereocenters. The number of aliphatic hydroxyl groups is 5. The molecule has 1 spiro atoms. The van der Waals surface area contributed by atoms with E-state index in [-0.39, 0.29) is 25.0 Å². The fraction of sp³-hybridized carbons (Fsp3) is 0.774. The van der Waals surface area contributed by atoms with Crippen LogP contribution < -0.4 is 0 Å². The predicted molar refractivity (Wildman–Crippen MR) is 148 cm³/mol. The van der Waals surface area contributed by atoms with E-state index in [1.807, 2.05) is 11.9 Å². The van der Waals surface area contributed by atoms with Gasteiger partial charge in [0.2, 0.25) is 0 Å². The van der Waals surface area contributed by atoms with Crippen LogP contribution in [-0.2, 0) is 23.7 Å². The number of methoxy groups -OCH3 is 4. The van der Waals surface area contributed by atoms with Gasteiger partial charge in [-0.15, -0.1) is 0 Å². The number of esters is 1. The van der Waals surface area contributed by atoms with E-state index >= 15 is 0 Å². The van der Waals surface area contributed by atoms with Gasteiger partial charge in [-0.25, -0.2) is 4.79 Å². The van der Waals surface area contributed by atoms with Gasteiger partial charge < -0.3 is 54.1 Å². The van der Waals surface area contributed by atoms with Crippen molar-refractivity contribution in [2.75, 3.05) is 48.6 Å². The lowest BCUT2D eigenvalue weighted by Gasteiger charge is -2.71. The van der Waals surface area contributed by atoms with Crippen LogP contribution in [-0.4, -0.2) is 145 Å². The van der Waals surface area contributed by atoms with E-state index in [1.54, 1.807) is 37.4 Å². The molecule has 7 bridgehead atoms. The molecule has 0 unspecified atom stereocenters. The third-order valence-electron chi connectivity index (χ3n) is 12.7. The Hall–Kier alpha value is -1.71. The maximum Gasteiger partial charge on any atom is 0.338 e.